The Morgan fingerprint density at radius 2 is 2.30 bits per heavy atom. The molecule has 0 radical (unpaired) electrons. The molecule has 2 atom stereocenters. The van der Waals surface area contributed by atoms with Crippen LogP contribution < -0.4 is 5.32 Å². The van der Waals surface area contributed by atoms with Crippen LogP contribution in [0.2, 0.25) is 0 Å². The number of aromatic nitrogens is 2. The predicted octanol–water partition coefficient (Wildman–Crippen LogP) is 2.69. The van der Waals surface area contributed by atoms with E-state index in [1.54, 1.807) is 0 Å². The maximum atomic E-state index is 6.06. The summed E-state index contributed by atoms with van der Waals surface area (Å²) in [5.41, 5.74) is 2.38. The highest BCUT2D eigenvalue weighted by Crippen LogP contribution is 2.30. The van der Waals surface area contributed by atoms with Gasteiger partial charge in [-0.25, -0.2) is 0 Å². The highest BCUT2D eigenvalue weighted by Gasteiger charge is 2.38. The number of hydrogen-bond acceptors (Lipinski definition) is 3. The van der Waals surface area contributed by atoms with Crippen molar-refractivity contribution in [1.29, 1.82) is 0 Å². The van der Waals surface area contributed by atoms with Gasteiger partial charge in [-0.1, -0.05) is 6.92 Å². The predicted molar refractivity (Wildman–Crippen MR) is 82.0 cm³/mol. The average Bonchev–Trinajstić information content (AvgIpc) is 3.01. The Morgan fingerprint density at radius 3 is 2.90 bits per heavy atom. The summed E-state index contributed by atoms with van der Waals surface area (Å²) in [5.74, 6) is 0. The molecule has 1 fully saturated rings. The van der Waals surface area contributed by atoms with Crippen molar-refractivity contribution in [3.8, 4) is 0 Å². The number of ether oxygens (including phenoxy) is 1. The fourth-order valence-corrected chi connectivity index (χ4v) is 3.14. The van der Waals surface area contributed by atoms with E-state index < -0.39 is 0 Å². The van der Waals surface area contributed by atoms with Gasteiger partial charge in [0.05, 0.1) is 11.3 Å². The Balaban J connectivity index is 2.14. The molecule has 1 aliphatic heterocycles. The average molecular weight is 279 g/mol. The maximum absolute atomic E-state index is 6.06. The van der Waals surface area contributed by atoms with Crippen molar-refractivity contribution in [3.05, 3.63) is 17.5 Å². The van der Waals surface area contributed by atoms with Gasteiger partial charge >= 0.3 is 0 Å². The van der Waals surface area contributed by atoms with Crippen LogP contribution in [-0.2, 0) is 17.7 Å². The summed E-state index contributed by atoms with van der Waals surface area (Å²) < 4.78 is 8.18. The van der Waals surface area contributed by atoms with Gasteiger partial charge in [0.1, 0.15) is 0 Å². The molecular formula is C16H29N3O. The van der Waals surface area contributed by atoms with Gasteiger partial charge < -0.3 is 10.1 Å². The zero-order valence-electron chi connectivity index (χ0n) is 13.4. The molecule has 4 heteroatoms. The Bertz CT molecular complexity index is 421. The van der Waals surface area contributed by atoms with E-state index in [1.165, 1.54) is 12.1 Å². The molecular weight excluding hydrogens is 250 g/mol. The molecule has 114 valence electrons. The summed E-state index contributed by atoms with van der Waals surface area (Å²) in [5, 5.41) is 8.25. The largest absolute Gasteiger partial charge is 0.374 e. The number of rotatable bonds is 7. The van der Waals surface area contributed by atoms with E-state index in [4.69, 9.17) is 4.74 Å². The van der Waals surface area contributed by atoms with Crippen molar-refractivity contribution < 1.29 is 4.74 Å². The topological polar surface area (TPSA) is 39.1 Å². The third-order valence-corrected chi connectivity index (χ3v) is 4.33. The second kappa shape index (κ2) is 6.72. The molecule has 0 aromatic carbocycles. The fourth-order valence-electron chi connectivity index (χ4n) is 3.14. The van der Waals surface area contributed by atoms with E-state index in [-0.39, 0.29) is 5.60 Å². The molecule has 2 heterocycles. The highest BCUT2D eigenvalue weighted by atomic mass is 16.5. The maximum Gasteiger partial charge on any atom is 0.0811 e. The van der Waals surface area contributed by atoms with Crippen molar-refractivity contribution >= 4 is 0 Å². The van der Waals surface area contributed by atoms with Gasteiger partial charge in [-0.15, -0.1) is 0 Å². The quantitative estimate of drug-likeness (QED) is 0.834. The molecule has 0 bridgehead atoms. The summed E-state index contributed by atoms with van der Waals surface area (Å²) in [6.45, 7) is 11.6. The number of nitrogens with one attached hydrogen (secondary N) is 1. The van der Waals surface area contributed by atoms with E-state index in [0.29, 0.717) is 6.04 Å². The Kier molecular flexibility index (Phi) is 5.22. The van der Waals surface area contributed by atoms with E-state index in [2.05, 4.69) is 48.9 Å². The molecule has 0 aliphatic carbocycles. The minimum Gasteiger partial charge on any atom is -0.374 e. The zero-order valence-corrected chi connectivity index (χ0v) is 13.4. The van der Waals surface area contributed by atoms with Crippen molar-refractivity contribution in [1.82, 2.24) is 15.1 Å². The van der Waals surface area contributed by atoms with Crippen LogP contribution in [0, 0.1) is 6.92 Å². The Morgan fingerprint density at radius 1 is 1.50 bits per heavy atom. The lowest BCUT2D eigenvalue weighted by Crippen LogP contribution is -2.50. The molecule has 0 spiro atoms. The van der Waals surface area contributed by atoms with Crippen LogP contribution in [0.5, 0.6) is 0 Å². The molecule has 1 saturated heterocycles. The molecule has 0 saturated carbocycles. The first-order chi connectivity index (χ1) is 9.59. The summed E-state index contributed by atoms with van der Waals surface area (Å²) in [6, 6.07) is 2.58. The molecule has 20 heavy (non-hydrogen) atoms. The fraction of sp³-hybridized carbons (Fsp3) is 0.812. The monoisotopic (exact) mass is 279 g/mol. The van der Waals surface area contributed by atoms with E-state index in [1.807, 2.05) is 0 Å². The summed E-state index contributed by atoms with van der Waals surface area (Å²) in [6.07, 6.45) is 4.46. The van der Waals surface area contributed by atoms with Gasteiger partial charge in [0.25, 0.3) is 0 Å². The van der Waals surface area contributed by atoms with Gasteiger partial charge in [-0.05, 0) is 52.6 Å². The minimum absolute atomic E-state index is 0.0358. The zero-order chi connectivity index (χ0) is 14.6. The molecule has 0 amide bonds. The lowest BCUT2D eigenvalue weighted by Gasteiger charge is -2.34. The molecule has 1 aromatic heterocycles. The van der Waals surface area contributed by atoms with E-state index >= 15 is 0 Å². The van der Waals surface area contributed by atoms with Crippen LogP contribution in [0.25, 0.3) is 0 Å². The number of nitrogens with zero attached hydrogens (tertiary/aromatic N) is 2. The van der Waals surface area contributed by atoms with Gasteiger partial charge in [-0.2, -0.15) is 5.10 Å². The SMILES string of the molecule is CCCNC(Cc1cc(C)nn1CC)C1(C)CCCO1. The molecule has 1 aromatic rings. The van der Waals surface area contributed by atoms with E-state index in [9.17, 15) is 0 Å². The van der Waals surface area contributed by atoms with Crippen molar-refractivity contribution in [3.63, 3.8) is 0 Å². The smallest absolute Gasteiger partial charge is 0.0811 e. The van der Waals surface area contributed by atoms with Gasteiger partial charge in [0.15, 0.2) is 0 Å². The third kappa shape index (κ3) is 3.41. The molecule has 2 rings (SSSR count). The summed E-state index contributed by atoms with van der Waals surface area (Å²) >= 11 is 0. The molecule has 1 N–H and O–H groups in total. The van der Waals surface area contributed by atoms with Crippen LogP contribution in [0.1, 0.15) is 51.4 Å². The summed E-state index contributed by atoms with van der Waals surface area (Å²) in [7, 11) is 0. The van der Waals surface area contributed by atoms with E-state index in [0.717, 1.165) is 44.7 Å². The van der Waals surface area contributed by atoms with Crippen molar-refractivity contribution in [2.75, 3.05) is 13.2 Å². The van der Waals surface area contributed by atoms with Crippen LogP contribution >= 0.6 is 0 Å². The lowest BCUT2D eigenvalue weighted by molar-refractivity contribution is -0.0119. The normalized spacial score (nSPS) is 24.2. The first kappa shape index (κ1) is 15.5. The van der Waals surface area contributed by atoms with Crippen LogP contribution in [0.4, 0.5) is 0 Å². The van der Waals surface area contributed by atoms with Crippen LogP contribution in [-0.4, -0.2) is 34.6 Å². The highest BCUT2D eigenvalue weighted by molar-refractivity contribution is 5.12. The summed E-state index contributed by atoms with van der Waals surface area (Å²) in [4.78, 5) is 0. The molecule has 1 aliphatic rings. The standard InChI is InChI=1S/C16H29N3O/c1-5-9-17-15(16(4)8-7-10-20-16)12-14-11-13(3)18-19(14)6-2/h11,15,17H,5-10,12H2,1-4H3. The molecule has 2 unspecified atom stereocenters. The second-order valence-corrected chi connectivity index (χ2v) is 6.07. The Hall–Kier alpha value is -0.870. The third-order valence-electron chi connectivity index (χ3n) is 4.33. The van der Waals surface area contributed by atoms with Gasteiger partial charge in [0.2, 0.25) is 0 Å². The Labute approximate surface area is 122 Å². The molecule has 4 nitrogen and oxygen atoms in total. The van der Waals surface area contributed by atoms with Gasteiger partial charge in [0, 0.05) is 31.3 Å². The number of hydrogen-bond donors (Lipinski definition) is 1. The van der Waals surface area contributed by atoms with Crippen LogP contribution in [0.3, 0.4) is 0 Å². The second-order valence-electron chi connectivity index (χ2n) is 6.07. The van der Waals surface area contributed by atoms with Crippen molar-refractivity contribution in [2.24, 2.45) is 0 Å². The lowest BCUT2D eigenvalue weighted by atomic mass is 9.89. The first-order valence-corrected chi connectivity index (χ1v) is 7.99. The minimum atomic E-state index is -0.0358. The first-order valence-electron chi connectivity index (χ1n) is 7.99. The number of aryl methyl sites for hydroxylation is 2. The van der Waals surface area contributed by atoms with Crippen LogP contribution in [0.15, 0.2) is 6.07 Å². The van der Waals surface area contributed by atoms with Gasteiger partial charge in [-0.3, -0.25) is 4.68 Å². The van der Waals surface area contributed by atoms with Crippen molar-refractivity contribution in [2.45, 2.75) is 71.6 Å².